The van der Waals surface area contributed by atoms with Gasteiger partial charge in [-0.1, -0.05) is 35.9 Å². The van der Waals surface area contributed by atoms with Gasteiger partial charge in [0, 0.05) is 10.4 Å². The summed E-state index contributed by atoms with van der Waals surface area (Å²) in [5.41, 5.74) is 0.251. The van der Waals surface area contributed by atoms with Crippen molar-refractivity contribution in [3.63, 3.8) is 0 Å². The van der Waals surface area contributed by atoms with E-state index in [1.807, 2.05) is 12.1 Å². The van der Waals surface area contributed by atoms with Gasteiger partial charge in [0.25, 0.3) is 5.91 Å². The van der Waals surface area contributed by atoms with Crippen LogP contribution in [0.2, 0.25) is 5.02 Å². The van der Waals surface area contributed by atoms with Crippen molar-refractivity contribution in [2.24, 2.45) is 0 Å². The Hall–Kier alpha value is -3.12. The fraction of sp³-hybridized carbons (Fsp3) is 0.143. The van der Waals surface area contributed by atoms with Gasteiger partial charge in [0.05, 0.1) is 18.4 Å². The van der Waals surface area contributed by atoms with Crippen molar-refractivity contribution in [3.8, 4) is 5.75 Å². The normalized spacial score (nSPS) is 11.7. The van der Waals surface area contributed by atoms with E-state index in [4.69, 9.17) is 21.1 Å². The predicted octanol–water partition coefficient (Wildman–Crippen LogP) is 4.82. The highest BCUT2D eigenvalue weighted by molar-refractivity contribution is 6.30. The molecule has 0 saturated carbocycles. The Morgan fingerprint density at radius 1 is 1.07 bits per heavy atom. The van der Waals surface area contributed by atoms with Crippen LogP contribution in [0.5, 0.6) is 5.75 Å². The monoisotopic (exact) mass is 401 g/mol. The Morgan fingerprint density at radius 2 is 1.79 bits per heavy atom. The van der Waals surface area contributed by atoms with Gasteiger partial charge in [-0.2, -0.15) is 0 Å². The Kier molecular flexibility index (Phi) is 5.80. The molecule has 1 N–H and O–H groups in total. The van der Waals surface area contributed by atoms with E-state index in [1.54, 1.807) is 31.4 Å². The molecule has 0 heterocycles. The summed E-state index contributed by atoms with van der Waals surface area (Å²) in [6.45, 7) is 1.41. The molecule has 0 unspecified atom stereocenters. The zero-order valence-corrected chi connectivity index (χ0v) is 15.9. The number of anilines is 1. The zero-order chi connectivity index (χ0) is 20.3. The molecule has 28 heavy (non-hydrogen) atoms. The minimum absolute atomic E-state index is 0.0489. The molecular weight excluding hydrogens is 385 g/mol. The molecule has 0 aliphatic heterocycles. The minimum Gasteiger partial charge on any atom is -0.496 e. The number of fused-ring (bicyclic) bond motifs is 1. The second-order valence-electron chi connectivity index (χ2n) is 6.02. The molecule has 3 aromatic carbocycles. The quantitative estimate of drug-likeness (QED) is 0.622. The average Bonchev–Trinajstić information content (AvgIpc) is 2.69. The van der Waals surface area contributed by atoms with Crippen LogP contribution in [-0.2, 0) is 9.53 Å². The van der Waals surface area contributed by atoms with Crippen molar-refractivity contribution in [3.05, 3.63) is 71.0 Å². The smallest absolute Gasteiger partial charge is 0.339 e. The molecule has 3 rings (SSSR count). The molecule has 5 nitrogen and oxygen atoms in total. The first-order valence-corrected chi connectivity index (χ1v) is 8.81. The highest BCUT2D eigenvalue weighted by Crippen LogP contribution is 2.29. The van der Waals surface area contributed by atoms with Gasteiger partial charge in [-0.15, -0.1) is 0 Å². The molecule has 1 amide bonds. The molecule has 144 valence electrons. The van der Waals surface area contributed by atoms with Crippen LogP contribution in [0.1, 0.15) is 17.3 Å². The number of carbonyl (C=O) groups is 2. The van der Waals surface area contributed by atoms with Crippen LogP contribution in [0.15, 0.2) is 54.6 Å². The Labute approximate surface area is 166 Å². The third-order valence-corrected chi connectivity index (χ3v) is 4.40. The molecule has 0 spiro atoms. The molecule has 0 saturated heterocycles. The van der Waals surface area contributed by atoms with Crippen molar-refractivity contribution in [2.75, 3.05) is 12.4 Å². The van der Waals surface area contributed by atoms with E-state index in [1.165, 1.54) is 19.1 Å². The highest BCUT2D eigenvalue weighted by Gasteiger charge is 2.22. The van der Waals surface area contributed by atoms with E-state index in [0.717, 1.165) is 11.5 Å². The number of carbonyl (C=O) groups excluding carboxylic acids is 2. The second-order valence-corrected chi connectivity index (χ2v) is 6.46. The van der Waals surface area contributed by atoms with E-state index in [-0.39, 0.29) is 10.7 Å². The van der Waals surface area contributed by atoms with E-state index in [0.29, 0.717) is 16.7 Å². The minimum atomic E-state index is -1.14. The van der Waals surface area contributed by atoms with Crippen LogP contribution < -0.4 is 10.1 Å². The molecule has 0 radical (unpaired) electrons. The lowest BCUT2D eigenvalue weighted by Crippen LogP contribution is -2.30. The lowest BCUT2D eigenvalue weighted by atomic mass is 10.0. The highest BCUT2D eigenvalue weighted by atomic mass is 35.5. The topological polar surface area (TPSA) is 64.6 Å². The SMILES string of the molecule is COc1ccc(C(=O)O[C@@H](C)C(=O)Nc2ccc(Cl)cc2F)c2ccccc12. The molecule has 0 bridgehead atoms. The van der Waals surface area contributed by atoms with E-state index >= 15 is 0 Å². The number of amides is 1. The van der Waals surface area contributed by atoms with Crippen molar-refractivity contribution < 1.29 is 23.5 Å². The molecule has 0 aliphatic rings. The van der Waals surface area contributed by atoms with Crippen LogP contribution in [0.4, 0.5) is 10.1 Å². The first kappa shape index (κ1) is 19.6. The lowest BCUT2D eigenvalue weighted by Gasteiger charge is -2.15. The average molecular weight is 402 g/mol. The van der Waals surface area contributed by atoms with Gasteiger partial charge in [-0.05, 0) is 42.6 Å². The van der Waals surface area contributed by atoms with Gasteiger partial charge in [0.2, 0.25) is 0 Å². The van der Waals surface area contributed by atoms with Gasteiger partial charge >= 0.3 is 5.97 Å². The Bertz CT molecular complexity index is 1050. The standard InChI is InChI=1S/C21H17ClFNO4/c1-12(20(25)24-18-9-7-13(22)11-17(18)23)28-21(26)16-8-10-19(27-2)15-6-4-3-5-14(15)16/h3-12H,1-2H3,(H,24,25)/t12-/m0/s1. The molecule has 1 atom stereocenters. The summed E-state index contributed by atoms with van der Waals surface area (Å²) in [6, 6.07) is 14.3. The first-order valence-electron chi connectivity index (χ1n) is 8.43. The first-order chi connectivity index (χ1) is 13.4. The summed E-state index contributed by atoms with van der Waals surface area (Å²) in [4.78, 5) is 24.9. The maximum absolute atomic E-state index is 13.8. The van der Waals surface area contributed by atoms with Crippen LogP contribution in [0.3, 0.4) is 0 Å². The Balaban J connectivity index is 1.77. The Morgan fingerprint density at radius 3 is 2.46 bits per heavy atom. The third-order valence-electron chi connectivity index (χ3n) is 4.17. The third kappa shape index (κ3) is 4.07. The summed E-state index contributed by atoms with van der Waals surface area (Å²) >= 11 is 5.69. The maximum Gasteiger partial charge on any atom is 0.339 e. The van der Waals surface area contributed by atoms with Crippen LogP contribution in [-0.4, -0.2) is 25.1 Å². The number of ether oxygens (including phenoxy) is 2. The predicted molar refractivity (Wildman–Crippen MR) is 105 cm³/mol. The van der Waals surface area contributed by atoms with Crippen LogP contribution in [0.25, 0.3) is 10.8 Å². The number of halogens is 2. The molecule has 0 aliphatic carbocycles. The number of rotatable bonds is 5. The van der Waals surface area contributed by atoms with E-state index < -0.39 is 23.8 Å². The summed E-state index contributed by atoms with van der Waals surface area (Å²) in [6.07, 6.45) is -1.14. The lowest BCUT2D eigenvalue weighted by molar-refractivity contribution is -0.123. The molecule has 3 aromatic rings. The largest absolute Gasteiger partial charge is 0.496 e. The van der Waals surface area contributed by atoms with Crippen molar-refractivity contribution in [1.29, 1.82) is 0 Å². The van der Waals surface area contributed by atoms with Crippen molar-refractivity contribution >= 4 is 39.9 Å². The number of benzene rings is 3. The fourth-order valence-corrected chi connectivity index (χ4v) is 2.89. The van der Waals surface area contributed by atoms with Gasteiger partial charge in [-0.3, -0.25) is 4.79 Å². The van der Waals surface area contributed by atoms with Crippen molar-refractivity contribution in [1.82, 2.24) is 0 Å². The van der Waals surface area contributed by atoms with Crippen molar-refractivity contribution in [2.45, 2.75) is 13.0 Å². The van der Waals surface area contributed by atoms with E-state index in [2.05, 4.69) is 5.32 Å². The number of esters is 1. The second kappa shape index (κ2) is 8.27. The summed E-state index contributed by atoms with van der Waals surface area (Å²) in [7, 11) is 1.54. The molecule has 0 fully saturated rings. The number of hydrogen-bond donors (Lipinski definition) is 1. The summed E-state index contributed by atoms with van der Waals surface area (Å²) in [5.74, 6) is -1.39. The van der Waals surface area contributed by atoms with Gasteiger partial charge < -0.3 is 14.8 Å². The molecule has 0 aromatic heterocycles. The summed E-state index contributed by atoms with van der Waals surface area (Å²) < 4.78 is 24.4. The number of methoxy groups -OCH3 is 1. The van der Waals surface area contributed by atoms with E-state index in [9.17, 15) is 14.0 Å². The number of hydrogen-bond acceptors (Lipinski definition) is 4. The van der Waals surface area contributed by atoms with Gasteiger partial charge in [-0.25, -0.2) is 9.18 Å². The fourth-order valence-electron chi connectivity index (χ4n) is 2.73. The van der Waals surface area contributed by atoms with Crippen LogP contribution >= 0.6 is 11.6 Å². The van der Waals surface area contributed by atoms with Gasteiger partial charge in [0.15, 0.2) is 6.10 Å². The van der Waals surface area contributed by atoms with Crippen LogP contribution in [0, 0.1) is 5.82 Å². The number of nitrogens with one attached hydrogen (secondary N) is 1. The molecular formula is C21H17ClFNO4. The zero-order valence-electron chi connectivity index (χ0n) is 15.2. The maximum atomic E-state index is 13.8. The van der Waals surface area contributed by atoms with Gasteiger partial charge in [0.1, 0.15) is 11.6 Å². The molecule has 7 heteroatoms. The summed E-state index contributed by atoms with van der Waals surface area (Å²) in [5, 5.41) is 3.98.